The zero-order valence-electron chi connectivity index (χ0n) is 28.8. The lowest BCUT2D eigenvalue weighted by Crippen LogP contribution is -2.15. The first kappa shape index (κ1) is 29.7. The van der Waals surface area contributed by atoms with Crippen LogP contribution in [0.2, 0.25) is 0 Å². The quantitative estimate of drug-likeness (QED) is 0.167. The van der Waals surface area contributed by atoms with Gasteiger partial charge in [-0.15, -0.1) is 0 Å². The van der Waals surface area contributed by atoms with Crippen molar-refractivity contribution >= 4 is 32.3 Å². The van der Waals surface area contributed by atoms with Gasteiger partial charge in [-0.05, 0) is 105 Å². The smallest absolute Gasteiger partial charge is 0.0159 e. The van der Waals surface area contributed by atoms with Gasteiger partial charge in [-0.1, -0.05) is 190 Å². The highest BCUT2D eigenvalue weighted by molar-refractivity contribution is 6.21. The molecule has 0 spiro atoms. The van der Waals surface area contributed by atoms with Crippen molar-refractivity contribution in [1.82, 2.24) is 0 Å². The van der Waals surface area contributed by atoms with Gasteiger partial charge in [-0.2, -0.15) is 0 Å². The predicted molar refractivity (Wildman–Crippen MR) is 218 cm³/mol. The van der Waals surface area contributed by atoms with E-state index in [0.29, 0.717) is 0 Å². The van der Waals surface area contributed by atoms with Crippen LogP contribution in [-0.4, -0.2) is 0 Å². The minimum atomic E-state index is -0.0507. The standard InChI is InChI=1S/C51H36/c1-51(2)46-23-13-12-22-44(46)50-39-17-7-6-16-38(39)45(32-47(50)51)35-28-24-33(25-29-35)34-26-30-37(31-27-34)49-42-20-10-8-18-40(42)48(36-14-4-3-5-15-36)41-19-9-11-21-43(41)49/h3-32H,1-2H3. The number of hydrogen-bond donors (Lipinski definition) is 0. The van der Waals surface area contributed by atoms with E-state index in [-0.39, 0.29) is 5.41 Å². The summed E-state index contributed by atoms with van der Waals surface area (Å²) in [5, 5.41) is 7.75. The molecule has 0 radical (unpaired) electrons. The molecule has 0 aliphatic heterocycles. The van der Waals surface area contributed by atoms with Gasteiger partial charge in [0.25, 0.3) is 0 Å². The Bertz CT molecular complexity index is 2730. The first-order valence-corrected chi connectivity index (χ1v) is 17.9. The van der Waals surface area contributed by atoms with Crippen LogP contribution in [0, 0.1) is 0 Å². The van der Waals surface area contributed by atoms with Crippen molar-refractivity contribution in [3.05, 3.63) is 193 Å². The maximum absolute atomic E-state index is 2.46. The van der Waals surface area contributed by atoms with Crippen LogP contribution in [0.5, 0.6) is 0 Å². The average Bonchev–Trinajstić information content (AvgIpc) is 3.43. The van der Waals surface area contributed by atoms with Gasteiger partial charge in [0.2, 0.25) is 0 Å². The molecule has 9 aromatic carbocycles. The number of rotatable bonds is 4. The molecule has 240 valence electrons. The highest BCUT2D eigenvalue weighted by atomic mass is 14.4. The molecule has 0 fully saturated rings. The Labute approximate surface area is 299 Å². The molecule has 0 atom stereocenters. The van der Waals surface area contributed by atoms with Crippen LogP contribution in [0.25, 0.3) is 88.0 Å². The summed E-state index contributed by atoms with van der Waals surface area (Å²) < 4.78 is 0. The van der Waals surface area contributed by atoms with Gasteiger partial charge in [0, 0.05) is 5.41 Å². The molecule has 1 aliphatic rings. The minimum absolute atomic E-state index is 0.0507. The molecule has 9 aromatic rings. The van der Waals surface area contributed by atoms with E-state index in [4.69, 9.17) is 0 Å². The van der Waals surface area contributed by atoms with Crippen LogP contribution < -0.4 is 0 Å². The molecule has 0 unspecified atom stereocenters. The third kappa shape index (κ3) is 4.53. The second-order valence-corrected chi connectivity index (χ2v) is 14.4. The van der Waals surface area contributed by atoms with E-state index >= 15 is 0 Å². The van der Waals surface area contributed by atoms with Gasteiger partial charge >= 0.3 is 0 Å². The Morgan fingerprint density at radius 2 is 0.667 bits per heavy atom. The highest BCUT2D eigenvalue weighted by Crippen LogP contribution is 2.53. The Hall–Kier alpha value is -6.24. The fraction of sp³-hybridized carbons (Fsp3) is 0.0588. The molecule has 0 heteroatoms. The third-order valence-electron chi connectivity index (χ3n) is 11.3. The summed E-state index contributed by atoms with van der Waals surface area (Å²) in [6, 6.07) is 67.2. The third-order valence-corrected chi connectivity index (χ3v) is 11.3. The Morgan fingerprint density at radius 1 is 0.275 bits per heavy atom. The van der Waals surface area contributed by atoms with E-state index in [9.17, 15) is 0 Å². The maximum atomic E-state index is 2.46. The first-order chi connectivity index (χ1) is 25.1. The molecular weight excluding hydrogens is 613 g/mol. The van der Waals surface area contributed by atoms with E-state index in [1.165, 1.54) is 99.1 Å². The van der Waals surface area contributed by atoms with E-state index in [2.05, 4.69) is 196 Å². The van der Waals surface area contributed by atoms with Crippen molar-refractivity contribution in [2.45, 2.75) is 19.3 Å². The largest absolute Gasteiger partial charge is 0.0622 e. The average molecular weight is 649 g/mol. The van der Waals surface area contributed by atoms with E-state index < -0.39 is 0 Å². The Balaban J connectivity index is 1.05. The summed E-state index contributed by atoms with van der Waals surface area (Å²) in [5.41, 5.74) is 15.6. The van der Waals surface area contributed by atoms with Crippen molar-refractivity contribution in [3.8, 4) is 55.6 Å². The predicted octanol–water partition coefficient (Wildman–Crippen LogP) is 14.1. The van der Waals surface area contributed by atoms with Crippen LogP contribution in [0.3, 0.4) is 0 Å². The molecule has 0 heterocycles. The van der Waals surface area contributed by atoms with Crippen molar-refractivity contribution in [3.63, 3.8) is 0 Å². The van der Waals surface area contributed by atoms with Gasteiger partial charge in [0.1, 0.15) is 0 Å². The summed E-state index contributed by atoms with van der Waals surface area (Å²) in [6.45, 7) is 4.73. The topological polar surface area (TPSA) is 0 Å². The van der Waals surface area contributed by atoms with Crippen LogP contribution in [0.4, 0.5) is 0 Å². The summed E-state index contributed by atoms with van der Waals surface area (Å²) in [7, 11) is 0. The molecule has 0 nitrogen and oxygen atoms in total. The van der Waals surface area contributed by atoms with Gasteiger partial charge in [0.15, 0.2) is 0 Å². The molecule has 0 amide bonds. The molecule has 10 rings (SSSR count). The second kappa shape index (κ2) is 11.4. The maximum Gasteiger partial charge on any atom is 0.0159 e. The van der Waals surface area contributed by atoms with Gasteiger partial charge < -0.3 is 0 Å². The van der Waals surface area contributed by atoms with Crippen molar-refractivity contribution in [2.75, 3.05) is 0 Å². The zero-order chi connectivity index (χ0) is 34.1. The SMILES string of the molecule is CC1(C)c2ccccc2-c2c1cc(-c1ccc(-c3ccc(-c4c5ccccc5c(-c5ccccc5)c5ccccc45)cc3)cc1)c1ccccc21. The molecule has 0 bridgehead atoms. The van der Waals surface area contributed by atoms with Crippen LogP contribution >= 0.6 is 0 Å². The van der Waals surface area contributed by atoms with Crippen LogP contribution in [0.1, 0.15) is 25.0 Å². The van der Waals surface area contributed by atoms with Crippen LogP contribution in [-0.2, 0) is 5.41 Å². The van der Waals surface area contributed by atoms with Crippen molar-refractivity contribution in [2.24, 2.45) is 0 Å². The summed E-state index contributed by atoms with van der Waals surface area (Å²) in [6.07, 6.45) is 0. The first-order valence-electron chi connectivity index (χ1n) is 17.9. The monoisotopic (exact) mass is 648 g/mol. The lowest BCUT2D eigenvalue weighted by atomic mass is 9.80. The van der Waals surface area contributed by atoms with E-state index in [1.807, 2.05) is 0 Å². The van der Waals surface area contributed by atoms with E-state index in [0.717, 1.165) is 0 Å². The molecule has 1 aliphatic carbocycles. The molecule has 0 saturated heterocycles. The zero-order valence-corrected chi connectivity index (χ0v) is 28.8. The fourth-order valence-electron chi connectivity index (χ4n) is 8.82. The lowest BCUT2D eigenvalue weighted by molar-refractivity contribution is 0.661. The van der Waals surface area contributed by atoms with E-state index in [1.54, 1.807) is 0 Å². The molecule has 51 heavy (non-hydrogen) atoms. The number of hydrogen-bond acceptors (Lipinski definition) is 0. The summed E-state index contributed by atoms with van der Waals surface area (Å²) in [5.74, 6) is 0. The summed E-state index contributed by atoms with van der Waals surface area (Å²) in [4.78, 5) is 0. The van der Waals surface area contributed by atoms with Crippen molar-refractivity contribution < 1.29 is 0 Å². The number of fused-ring (bicyclic) bond motifs is 7. The Morgan fingerprint density at radius 3 is 1.22 bits per heavy atom. The number of benzene rings is 9. The highest BCUT2D eigenvalue weighted by Gasteiger charge is 2.36. The van der Waals surface area contributed by atoms with Gasteiger partial charge in [-0.25, -0.2) is 0 Å². The lowest BCUT2D eigenvalue weighted by Gasteiger charge is -2.23. The van der Waals surface area contributed by atoms with Gasteiger partial charge in [0.05, 0.1) is 0 Å². The summed E-state index contributed by atoms with van der Waals surface area (Å²) >= 11 is 0. The molecule has 0 aromatic heterocycles. The van der Waals surface area contributed by atoms with Crippen LogP contribution in [0.15, 0.2) is 182 Å². The molecular formula is C51H36. The van der Waals surface area contributed by atoms with Crippen molar-refractivity contribution in [1.29, 1.82) is 0 Å². The normalized spacial score (nSPS) is 13.1. The molecule has 0 saturated carbocycles. The second-order valence-electron chi connectivity index (χ2n) is 14.4. The Kier molecular flexibility index (Phi) is 6.63. The minimum Gasteiger partial charge on any atom is -0.0622 e. The molecule has 0 N–H and O–H groups in total. The van der Waals surface area contributed by atoms with Gasteiger partial charge in [-0.3, -0.25) is 0 Å². The fourth-order valence-corrected chi connectivity index (χ4v) is 8.82.